The van der Waals surface area contributed by atoms with E-state index in [2.05, 4.69) is 15.3 Å². The maximum atomic E-state index is 12.6. The Bertz CT molecular complexity index is 784. The third-order valence-corrected chi connectivity index (χ3v) is 3.71. The minimum atomic E-state index is -0.930. The highest BCUT2D eigenvalue weighted by Crippen LogP contribution is 2.16. The second kappa shape index (κ2) is 9.86. The number of amides is 1. The molecule has 0 aliphatic rings. The number of nitrogens with zero attached hydrogens (tertiary/aromatic N) is 3. The van der Waals surface area contributed by atoms with Crippen LogP contribution < -0.4 is 5.32 Å². The van der Waals surface area contributed by atoms with E-state index in [4.69, 9.17) is 10.3 Å². The summed E-state index contributed by atoms with van der Waals surface area (Å²) in [5.74, 6) is -1.90. The first-order chi connectivity index (χ1) is 12.6. The van der Waals surface area contributed by atoms with Crippen molar-refractivity contribution in [2.24, 2.45) is 11.0 Å². The van der Waals surface area contributed by atoms with Crippen LogP contribution in [0.1, 0.15) is 18.1 Å². The van der Waals surface area contributed by atoms with Gasteiger partial charge in [-0.15, -0.1) is 0 Å². The second-order valence-electron chi connectivity index (χ2n) is 5.57. The average Bonchev–Trinajstić information content (AvgIpc) is 2.66. The number of hydrogen-bond acceptors (Lipinski definition) is 4. The molecular formula is C19H20N4O3. The Morgan fingerprint density at radius 2 is 1.81 bits per heavy atom. The third-order valence-electron chi connectivity index (χ3n) is 3.71. The second-order valence-corrected chi connectivity index (χ2v) is 5.57. The molecular weight excluding hydrogens is 332 g/mol. The highest BCUT2D eigenvalue weighted by atomic mass is 16.5. The Morgan fingerprint density at radius 3 is 2.42 bits per heavy atom. The maximum absolute atomic E-state index is 12.6. The Morgan fingerprint density at radius 1 is 1.12 bits per heavy atom. The number of esters is 1. The molecule has 0 fully saturated rings. The molecule has 0 aliphatic heterocycles. The van der Waals surface area contributed by atoms with Gasteiger partial charge in [-0.1, -0.05) is 47.6 Å². The fourth-order valence-corrected chi connectivity index (χ4v) is 2.41. The monoisotopic (exact) mass is 352 g/mol. The van der Waals surface area contributed by atoms with E-state index in [-0.39, 0.29) is 19.6 Å². The quantitative estimate of drug-likeness (QED) is 0.256. The van der Waals surface area contributed by atoms with E-state index in [0.717, 1.165) is 11.1 Å². The summed E-state index contributed by atoms with van der Waals surface area (Å²) in [6.07, 6.45) is 0.264. The molecule has 1 unspecified atom stereocenters. The summed E-state index contributed by atoms with van der Waals surface area (Å²) < 4.78 is 5.05. The van der Waals surface area contributed by atoms with Crippen molar-refractivity contribution in [1.29, 1.82) is 0 Å². The van der Waals surface area contributed by atoms with Crippen molar-refractivity contribution >= 4 is 17.6 Å². The average molecular weight is 352 g/mol. The molecule has 134 valence electrons. The van der Waals surface area contributed by atoms with E-state index < -0.39 is 17.8 Å². The van der Waals surface area contributed by atoms with Crippen molar-refractivity contribution in [1.82, 2.24) is 0 Å². The number of hydrogen-bond donors (Lipinski definition) is 1. The van der Waals surface area contributed by atoms with E-state index in [9.17, 15) is 9.59 Å². The number of nitrogens with one attached hydrogen (secondary N) is 1. The molecule has 1 atom stereocenters. The van der Waals surface area contributed by atoms with Crippen molar-refractivity contribution in [2.75, 3.05) is 11.9 Å². The van der Waals surface area contributed by atoms with E-state index in [0.29, 0.717) is 5.69 Å². The number of rotatable bonds is 8. The van der Waals surface area contributed by atoms with Gasteiger partial charge in [-0.25, -0.2) is 0 Å². The van der Waals surface area contributed by atoms with Crippen LogP contribution in [-0.4, -0.2) is 18.5 Å². The number of ether oxygens (including phenoxy) is 1. The summed E-state index contributed by atoms with van der Waals surface area (Å²) in [4.78, 5) is 27.5. The smallest absolute Gasteiger partial charge is 0.318 e. The first kappa shape index (κ1) is 19.0. The molecule has 0 aliphatic carbocycles. The van der Waals surface area contributed by atoms with Crippen LogP contribution in [0.2, 0.25) is 0 Å². The fraction of sp³-hybridized carbons (Fsp3) is 0.263. The van der Waals surface area contributed by atoms with Crippen LogP contribution in [0.4, 0.5) is 5.69 Å². The van der Waals surface area contributed by atoms with E-state index >= 15 is 0 Å². The maximum Gasteiger partial charge on any atom is 0.318 e. The standard InChI is InChI=1S/C19H20N4O3/c1-2-26-19(25)17(12-14-6-4-3-5-7-14)18(24)22-16-10-8-15(9-11-16)13-21-23-20/h3-11,17H,2,12-13H2,1H3,(H,22,24). The van der Waals surface area contributed by atoms with Gasteiger partial charge in [0.15, 0.2) is 0 Å². The molecule has 2 aromatic rings. The molecule has 1 N–H and O–H groups in total. The predicted octanol–water partition coefficient (Wildman–Crippen LogP) is 3.86. The molecule has 0 saturated heterocycles. The molecule has 7 nitrogen and oxygen atoms in total. The van der Waals surface area contributed by atoms with Crippen LogP contribution in [0.15, 0.2) is 59.7 Å². The zero-order chi connectivity index (χ0) is 18.8. The summed E-state index contributed by atoms with van der Waals surface area (Å²) in [6, 6.07) is 16.2. The summed E-state index contributed by atoms with van der Waals surface area (Å²) in [7, 11) is 0. The van der Waals surface area contributed by atoms with Gasteiger partial charge in [-0.2, -0.15) is 0 Å². The van der Waals surface area contributed by atoms with Gasteiger partial charge in [0.25, 0.3) is 0 Å². The molecule has 26 heavy (non-hydrogen) atoms. The van der Waals surface area contributed by atoms with Crippen LogP contribution in [0.3, 0.4) is 0 Å². The van der Waals surface area contributed by atoms with Crippen LogP contribution in [0, 0.1) is 5.92 Å². The lowest BCUT2D eigenvalue weighted by atomic mass is 9.98. The molecule has 1 amide bonds. The normalized spacial score (nSPS) is 11.1. The lowest BCUT2D eigenvalue weighted by Crippen LogP contribution is -2.33. The number of benzene rings is 2. The highest BCUT2D eigenvalue weighted by Gasteiger charge is 2.28. The minimum absolute atomic E-state index is 0.214. The van der Waals surface area contributed by atoms with Gasteiger partial charge in [0.05, 0.1) is 13.2 Å². The van der Waals surface area contributed by atoms with Gasteiger partial charge in [0.1, 0.15) is 5.92 Å². The van der Waals surface area contributed by atoms with Crippen molar-refractivity contribution in [3.05, 3.63) is 76.2 Å². The first-order valence-electron chi connectivity index (χ1n) is 8.25. The van der Waals surface area contributed by atoms with Crippen LogP contribution >= 0.6 is 0 Å². The largest absolute Gasteiger partial charge is 0.465 e. The molecule has 2 aromatic carbocycles. The molecule has 0 radical (unpaired) electrons. The molecule has 0 aromatic heterocycles. The summed E-state index contributed by atoms with van der Waals surface area (Å²) in [5.41, 5.74) is 10.6. The topological polar surface area (TPSA) is 104 Å². The van der Waals surface area contributed by atoms with Gasteiger partial charge >= 0.3 is 5.97 Å². The van der Waals surface area contributed by atoms with E-state index in [1.165, 1.54) is 0 Å². The van der Waals surface area contributed by atoms with Crippen molar-refractivity contribution < 1.29 is 14.3 Å². The van der Waals surface area contributed by atoms with E-state index in [1.807, 2.05) is 30.3 Å². The van der Waals surface area contributed by atoms with Gasteiger partial charge < -0.3 is 10.1 Å². The van der Waals surface area contributed by atoms with Gasteiger partial charge in [0, 0.05) is 10.6 Å². The molecule has 0 spiro atoms. The van der Waals surface area contributed by atoms with Crippen molar-refractivity contribution in [2.45, 2.75) is 19.9 Å². The van der Waals surface area contributed by atoms with Gasteiger partial charge in [-0.05, 0) is 42.1 Å². The number of azide groups is 1. The van der Waals surface area contributed by atoms with Gasteiger partial charge in [-0.3, -0.25) is 9.59 Å². The Hall–Kier alpha value is -3.31. The number of carbonyl (C=O) groups is 2. The number of anilines is 1. The predicted molar refractivity (Wildman–Crippen MR) is 98.2 cm³/mol. The Labute approximate surface area is 151 Å². The lowest BCUT2D eigenvalue weighted by Gasteiger charge is -2.16. The zero-order valence-electron chi connectivity index (χ0n) is 14.5. The summed E-state index contributed by atoms with van der Waals surface area (Å²) in [6.45, 7) is 2.16. The molecule has 0 saturated carbocycles. The van der Waals surface area contributed by atoms with Crippen molar-refractivity contribution in [3.8, 4) is 0 Å². The first-order valence-corrected chi connectivity index (χ1v) is 8.25. The highest BCUT2D eigenvalue weighted by molar-refractivity contribution is 6.05. The molecule has 0 bridgehead atoms. The van der Waals surface area contributed by atoms with Gasteiger partial charge in [0.2, 0.25) is 5.91 Å². The molecule has 0 heterocycles. The number of carbonyl (C=O) groups excluding carboxylic acids is 2. The zero-order valence-corrected chi connectivity index (χ0v) is 14.5. The van der Waals surface area contributed by atoms with Crippen molar-refractivity contribution in [3.63, 3.8) is 0 Å². The van der Waals surface area contributed by atoms with Crippen LogP contribution in [0.5, 0.6) is 0 Å². The molecule has 7 heteroatoms. The van der Waals surface area contributed by atoms with E-state index in [1.54, 1.807) is 31.2 Å². The SMILES string of the molecule is CCOC(=O)C(Cc1ccccc1)C(=O)Nc1ccc(CN=[N+]=[N-])cc1. The summed E-state index contributed by atoms with van der Waals surface area (Å²) >= 11 is 0. The fourth-order valence-electron chi connectivity index (χ4n) is 2.41. The third kappa shape index (κ3) is 5.65. The molecule has 2 rings (SSSR count). The summed E-state index contributed by atoms with van der Waals surface area (Å²) in [5, 5.41) is 6.23. The minimum Gasteiger partial charge on any atom is -0.465 e. The van der Waals surface area contributed by atoms with Crippen LogP contribution in [-0.2, 0) is 27.3 Å². The van der Waals surface area contributed by atoms with Crippen LogP contribution in [0.25, 0.3) is 10.4 Å². The Kier molecular flexibility index (Phi) is 7.21. The Balaban J connectivity index is 2.10. The lowest BCUT2D eigenvalue weighted by molar-refractivity contribution is -0.150.